The van der Waals surface area contributed by atoms with E-state index < -0.39 is 0 Å². The largest absolute Gasteiger partial charge is 0.375 e. The monoisotopic (exact) mass is 283 g/mol. The van der Waals surface area contributed by atoms with E-state index in [-0.39, 0.29) is 5.60 Å². The minimum Gasteiger partial charge on any atom is -0.375 e. The summed E-state index contributed by atoms with van der Waals surface area (Å²) >= 11 is 2.11. The Morgan fingerprint density at radius 1 is 1.21 bits per heavy atom. The third-order valence-electron chi connectivity index (χ3n) is 5.67. The van der Waals surface area contributed by atoms with Gasteiger partial charge in [0, 0.05) is 6.61 Å². The molecule has 0 aromatic carbocycles. The quantitative estimate of drug-likeness (QED) is 0.855. The molecule has 2 saturated heterocycles. The van der Waals surface area contributed by atoms with Crippen molar-refractivity contribution in [2.75, 3.05) is 31.2 Å². The van der Waals surface area contributed by atoms with Gasteiger partial charge in [0.1, 0.15) is 0 Å². The maximum atomic E-state index is 6.24. The average molecular weight is 283 g/mol. The van der Waals surface area contributed by atoms with Gasteiger partial charge in [0.25, 0.3) is 0 Å². The standard InChI is InChI=1S/C16H29NOS/c1-2-17-12-14-3-4-15(14)13-5-8-18-16(11-13)6-9-19-10-7-16/h13-15,17H,2-12H2,1H3. The van der Waals surface area contributed by atoms with Crippen molar-refractivity contribution in [3.63, 3.8) is 0 Å². The van der Waals surface area contributed by atoms with Crippen LogP contribution in [0, 0.1) is 17.8 Å². The van der Waals surface area contributed by atoms with Crippen LogP contribution in [0.2, 0.25) is 0 Å². The van der Waals surface area contributed by atoms with Crippen LogP contribution in [0.4, 0.5) is 0 Å². The summed E-state index contributed by atoms with van der Waals surface area (Å²) in [6.45, 7) is 5.62. The van der Waals surface area contributed by atoms with E-state index in [2.05, 4.69) is 24.0 Å². The molecule has 0 aromatic heterocycles. The number of thioether (sulfide) groups is 1. The molecule has 3 rings (SSSR count). The van der Waals surface area contributed by atoms with E-state index in [1.165, 1.54) is 56.6 Å². The molecule has 3 unspecified atom stereocenters. The lowest BCUT2D eigenvalue weighted by atomic mass is 9.62. The van der Waals surface area contributed by atoms with Crippen molar-refractivity contribution in [2.45, 2.75) is 51.0 Å². The van der Waals surface area contributed by atoms with Gasteiger partial charge in [0.2, 0.25) is 0 Å². The molecule has 3 heteroatoms. The molecule has 1 aliphatic carbocycles. The third kappa shape index (κ3) is 3.14. The van der Waals surface area contributed by atoms with Crippen molar-refractivity contribution in [2.24, 2.45) is 17.8 Å². The highest BCUT2D eigenvalue weighted by Crippen LogP contribution is 2.48. The number of nitrogens with one attached hydrogen (secondary N) is 1. The SMILES string of the molecule is CCNCC1CCC1C1CCOC2(CCSCC2)C1. The second-order valence-corrected chi connectivity index (χ2v) is 7.93. The van der Waals surface area contributed by atoms with E-state index in [0.717, 1.165) is 30.9 Å². The predicted octanol–water partition coefficient (Wildman–Crippen LogP) is 3.31. The molecule has 19 heavy (non-hydrogen) atoms. The van der Waals surface area contributed by atoms with Gasteiger partial charge >= 0.3 is 0 Å². The van der Waals surface area contributed by atoms with Crippen molar-refractivity contribution >= 4 is 11.8 Å². The van der Waals surface area contributed by atoms with E-state index in [0.29, 0.717) is 0 Å². The Morgan fingerprint density at radius 2 is 2.05 bits per heavy atom. The topological polar surface area (TPSA) is 21.3 Å². The summed E-state index contributed by atoms with van der Waals surface area (Å²) < 4.78 is 6.24. The first kappa shape index (κ1) is 14.2. The summed E-state index contributed by atoms with van der Waals surface area (Å²) in [5.41, 5.74) is 0.284. The van der Waals surface area contributed by atoms with E-state index in [9.17, 15) is 0 Å². The van der Waals surface area contributed by atoms with Gasteiger partial charge in [-0.2, -0.15) is 11.8 Å². The van der Waals surface area contributed by atoms with E-state index in [4.69, 9.17) is 4.74 Å². The number of ether oxygens (including phenoxy) is 1. The third-order valence-corrected chi connectivity index (χ3v) is 6.66. The van der Waals surface area contributed by atoms with E-state index in [1.54, 1.807) is 0 Å². The lowest BCUT2D eigenvalue weighted by Gasteiger charge is -2.50. The van der Waals surface area contributed by atoms with Gasteiger partial charge < -0.3 is 10.1 Å². The minimum atomic E-state index is 0.284. The molecule has 1 spiro atoms. The lowest BCUT2D eigenvalue weighted by molar-refractivity contribution is -0.122. The Kier molecular flexibility index (Phi) is 4.76. The number of hydrogen-bond donors (Lipinski definition) is 1. The Bertz CT molecular complexity index is 285. The molecular formula is C16H29NOS. The molecule has 3 atom stereocenters. The van der Waals surface area contributed by atoms with Gasteiger partial charge in [-0.3, -0.25) is 0 Å². The normalized spacial score (nSPS) is 38.1. The summed E-state index contributed by atoms with van der Waals surface area (Å²) in [5.74, 6) is 5.54. The second kappa shape index (κ2) is 6.36. The van der Waals surface area contributed by atoms with Crippen LogP contribution in [0.25, 0.3) is 0 Å². The van der Waals surface area contributed by atoms with Crippen molar-refractivity contribution < 1.29 is 4.74 Å². The molecule has 3 aliphatic rings. The first-order valence-electron chi connectivity index (χ1n) is 8.25. The minimum absolute atomic E-state index is 0.284. The average Bonchev–Trinajstić information content (AvgIpc) is 2.39. The van der Waals surface area contributed by atoms with E-state index >= 15 is 0 Å². The van der Waals surface area contributed by atoms with Gasteiger partial charge in [-0.1, -0.05) is 6.92 Å². The van der Waals surface area contributed by atoms with Crippen LogP contribution in [0.5, 0.6) is 0 Å². The molecular weight excluding hydrogens is 254 g/mol. The highest BCUT2D eigenvalue weighted by Gasteiger charge is 2.44. The van der Waals surface area contributed by atoms with Crippen LogP contribution >= 0.6 is 11.8 Å². The Balaban J connectivity index is 1.56. The smallest absolute Gasteiger partial charge is 0.0701 e. The summed E-state index contributed by atoms with van der Waals surface area (Å²) in [7, 11) is 0. The summed E-state index contributed by atoms with van der Waals surface area (Å²) in [4.78, 5) is 0. The Labute approximate surface area is 122 Å². The van der Waals surface area contributed by atoms with Crippen LogP contribution in [0.3, 0.4) is 0 Å². The van der Waals surface area contributed by atoms with Gasteiger partial charge in [0.15, 0.2) is 0 Å². The van der Waals surface area contributed by atoms with Crippen molar-refractivity contribution in [3.8, 4) is 0 Å². The van der Waals surface area contributed by atoms with Crippen LogP contribution in [0.15, 0.2) is 0 Å². The van der Waals surface area contributed by atoms with Crippen LogP contribution in [-0.4, -0.2) is 36.8 Å². The van der Waals surface area contributed by atoms with Crippen LogP contribution in [0.1, 0.15) is 45.4 Å². The van der Waals surface area contributed by atoms with E-state index in [1.807, 2.05) is 0 Å². The molecule has 2 heterocycles. The molecule has 0 amide bonds. The Hall–Kier alpha value is 0.270. The molecule has 1 N–H and O–H groups in total. The highest BCUT2D eigenvalue weighted by atomic mass is 32.2. The second-order valence-electron chi connectivity index (χ2n) is 6.71. The number of rotatable bonds is 4. The molecule has 2 aliphatic heterocycles. The Morgan fingerprint density at radius 3 is 2.74 bits per heavy atom. The highest BCUT2D eigenvalue weighted by molar-refractivity contribution is 7.99. The van der Waals surface area contributed by atoms with Gasteiger partial charge in [-0.05, 0) is 80.9 Å². The zero-order valence-electron chi connectivity index (χ0n) is 12.3. The first-order valence-corrected chi connectivity index (χ1v) is 9.41. The lowest BCUT2D eigenvalue weighted by Crippen LogP contribution is -2.48. The summed E-state index contributed by atoms with van der Waals surface area (Å²) in [6.07, 6.45) is 8.23. The fourth-order valence-corrected chi connectivity index (χ4v) is 5.56. The summed E-state index contributed by atoms with van der Waals surface area (Å²) in [5, 5.41) is 3.56. The van der Waals surface area contributed by atoms with Gasteiger partial charge in [-0.25, -0.2) is 0 Å². The van der Waals surface area contributed by atoms with Crippen molar-refractivity contribution in [1.82, 2.24) is 5.32 Å². The van der Waals surface area contributed by atoms with Gasteiger partial charge in [-0.15, -0.1) is 0 Å². The maximum absolute atomic E-state index is 6.24. The molecule has 0 radical (unpaired) electrons. The first-order chi connectivity index (χ1) is 9.33. The zero-order chi connectivity index (χ0) is 13.1. The molecule has 0 aromatic rings. The number of hydrogen-bond acceptors (Lipinski definition) is 3. The predicted molar refractivity (Wildman–Crippen MR) is 82.7 cm³/mol. The molecule has 2 nitrogen and oxygen atoms in total. The van der Waals surface area contributed by atoms with Crippen LogP contribution < -0.4 is 5.32 Å². The zero-order valence-corrected chi connectivity index (χ0v) is 13.1. The molecule has 110 valence electrons. The summed E-state index contributed by atoms with van der Waals surface area (Å²) in [6, 6.07) is 0. The fourth-order valence-electron chi connectivity index (χ4n) is 4.32. The molecule has 3 fully saturated rings. The molecule has 1 saturated carbocycles. The van der Waals surface area contributed by atoms with Crippen LogP contribution in [-0.2, 0) is 4.74 Å². The molecule has 0 bridgehead atoms. The van der Waals surface area contributed by atoms with Crippen molar-refractivity contribution in [1.29, 1.82) is 0 Å². The maximum Gasteiger partial charge on any atom is 0.0701 e. The van der Waals surface area contributed by atoms with Gasteiger partial charge in [0.05, 0.1) is 5.60 Å². The van der Waals surface area contributed by atoms with Crippen molar-refractivity contribution in [3.05, 3.63) is 0 Å². The fraction of sp³-hybridized carbons (Fsp3) is 1.00.